The van der Waals surface area contributed by atoms with Gasteiger partial charge in [0.2, 0.25) is 5.91 Å². The molecular weight excluding hydrogens is 364 g/mol. The van der Waals surface area contributed by atoms with E-state index in [1.165, 1.54) is 10.6 Å². The molecule has 1 aliphatic heterocycles. The number of nitrogens with zero attached hydrogens (tertiary/aromatic N) is 3. The minimum absolute atomic E-state index is 0.162. The summed E-state index contributed by atoms with van der Waals surface area (Å²) in [7, 11) is 0. The average molecular weight is 385 g/mol. The van der Waals surface area contributed by atoms with Gasteiger partial charge in [0, 0.05) is 48.8 Å². The molecule has 1 aliphatic rings. The van der Waals surface area contributed by atoms with Crippen LogP contribution in [0.4, 0.5) is 0 Å². The second-order valence-corrected chi connectivity index (χ2v) is 7.32. The number of hydrogen-bond acceptors (Lipinski definition) is 3. The molecule has 1 N–H and O–H groups in total. The fraction of sp³-hybridized carbons (Fsp3) is 0.350. The van der Waals surface area contributed by atoms with Crippen LogP contribution in [0.1, 0.15) is 31.4 Å². The molecule has 3 heterocycles. The quantitative estimate of drug-likeness (QED) is 0.750. The molecule has 27 heavy (non-hydrogen) atoms. The van der Waals surface area contributed by atoms with Crippen molar-refractivity contribution < 1.29 is 4.79 Å². The van der Waals surface area contributed by atoms with Gasteiger partial charge in [0.05, 0.1) is 5.69 Å². The molecule has 1 amide bonds. The summed E-state index contributed by atoms with van der Waals surface area (Å²) in [5.74, 6) is 0.201. The van der Waals surface area contributed by atoms with Gasteiger partial charge in [0.1, 0.15) is 0 Å². The predicted molar refractivity (Wildman–Crippen MR) is 105 cm³/mol. The number of likely N-dealkylation sites (tertiary alicyclic amines) is 1. The SMILES string of the molecule is O=C1CCCCCN1CCc1cc(=O)n2[nH]cc(-c3cccc(Cl)c3)c2n1. The summed E-state index contributed by atoms with van der Waals surface area (Å²) in [4.78, 5) is 31.2. The number of hydrogen-bond donors (Lipinski definition) is 1. The van der Waals surface area contributed by atoms with Gasteiger partial charge in [0.25, 0.3) is 5.56 Å². The molecule has 0 unspecified atom stereocenters. The van der Waals surface area contributed by atoms with E-state index in [4.69, 9.17) is 11.6 Å². The lowest BCUT2D eigenvalue weighted by Gasteiger charge is -2.20. The number of aromatic amines is 1. The van der Waals surface area contributed by atoms with Crippen LogP contribution in [0.5, 0.6) is 0 Å². The molecule has 0 atom stereocenters. The fourth-order valence-electron chi connectivity index (χ4n) is 3.55. The van der Waals surface area contributed by atoms with Gasteiger partial charge in [-0.05, 0) is 30.5 Å². The zero-order valence-corrected chi connectivity index (χ0v) is 15.7. The molecule has 1 aromatic carbocycles. The van der Waals surface area contributed by atoms with Crippen LogP contribution in [0, 0.1) is 0 Å². The lowest BCUT2D eigenvalue weighted by Crippen LogP contribution is -2.32. The first-order chi connectivity index (χ1) is 13.1. The van der Waals surface area contributed by atoms with Crippen LogP contribution in [0.15, 0.2) is 41.3 Å². The lowest BCUT2D eigenvalue weighted by atomic mass is 10.1. The van der Waals surface area contributed by atoms with E-state index >= 15 is 0 Å². The van der Waals surface area contributed by atoms with Crippen molar-refractivity contribution in [2.45, 2.75) is 32.1 Å². The molecule has 6 nitrogen and oxygen atoms in total. The second-order valence-electron chi connectivity index (χ2n) is 6.88. The van der Waals surface area contributed by atoms with Crippen LogP contribution < -0.4 is 5.56 Å². The highest BCUT2D eigenvalue weighted by atomic mass is 35.5. The van der Waals surface area contributed by atoms with Crippen molar-refractivity contribution in [3.63, 3.8) is 0 Å². The predicted octanol–water partition coefficient (Wildman–Crippen LogP) is 3.29. The van der Waals surface area contributed by atoms with Gasteiger partial charge in [-0.15, -0.1) is 0 Å². The summed E-state index contributed by atoms with van der Waals surface area (Å²) in [5.41, 5.74) is 2.82. The van der Waals surface area contributed by atoms with Crippen LogP contribution in [-0.2, 0) is 11.2 Å². The van der Waals surface area contributed by atoms with Crippen molar-refractivity contribution in [1.29, 1.82) is 0 Å². The van der Waals surface area contributed by atoms with Crippen molar-refractivity contribution in [3.8, 4) is 11.1 Å². The van der Waals surface area contributed by atoms with Gasteiger partial charge in [0.15, 0.2) is 5.65 Å². The zero-order chi connectivity index (χ0) is 18.8. The highest BCUT2D eigenvalue weighted by molar-refractivity contribution is 6.30. The number of fused-ring (bicyclic) bond motifs is 1. The summed E-state index contributed by atoms with van der Waals surface area (Å²) in [5, 5.41) is 3.59. The molecule has 0 spiro atoms. The van der Waals surface area contributed by atoms with Crippen LogP contribution in [0.25, 0.3) is 16.8 Å². The van der Waals surface area contributed by atoms with Crippen molar-refractivity contribution >= 4 is 23.2 Å². The molecule has 0 saturated carbocycles. The molecule has 1 saturated heterocycles. The van der Waals surface area contributed by atoms with E-state index in [9.17, 15) is 9.59 Å². The summed E-state index contributed by atoms with van der Waals surface area (Å²) in [6, 6.07) is 8.99. The van der Waals surface area contributed by atoms with E-state index < -0.39 is 0 Å². The monoisotopic (exact) mass is 384 g/mol. The Kier molecular flexibility index (Phi) is 4.99. The first-order valence-electron chi connectivity index (χ1n) is 9.25. The summed E-state index contributed by atoms with van der Waals surface area (Å²) in [6.07, 6.45) is 6.05. The van der Waals surface area contributed by atoms with Gasteiger partial charge < -0.3 is 4.90 Å². The lowest BCUT2D eigenvalue weighted by molar-refractivity contribution is -0.130. The number of halogens is 1. The molecule has 0 bridgehead atoms. The zero-order valence-electron chi connectivity index (χ0n) is 14.9. The summed E-state index contributed by atoms with van der Waals surface area (Å²) in [6.45, 7) is 1.39. The van der Waals surface area contributed by atoms with E-state index in [1.807, 2.05) is 29.2 Å². The highest BCUT2D eigenvalue weighted by Crippen LogP contribution is 2.25. The van der Waals surface area contributed by atoms with E-state index in [1.54, 1.807) is 6.20 Å². The number of benzene rings is 1. The molecule has 0 aliphatic carbocycles. The number of nitrogens with one attached hydrogen (secondary N) is 1. The number of carbonyl (C=O) groups excluding carboxylic acids is 1. The third-order valence-corrected chi connectivity index (χ3v) is 5.23. The second kappa shape index (κ2) is 7.56. The molecule has 2 aromatic heterocycles. The largest absolute Gasteiger partial charge is 0.342 e. The molecule has 140 valence electrons. The van der Waals surface area contributed by atoms with Crippen molar-refractivity contribution in [2.24, 2.45) is 0 Å². The Hall–Kier alpha value is -2.60. The van der Waals surface area contributed by atoms with Gasteiger partial charge in [-0.3, -0.25) is 14.7 Å². The highest BCUT2D eigenvalue weighted by Gasteiger charge is 2.17. The Morgan fingerprint density at radius 2 is 2.04 bits per heavy atom. The minimum Gasteiger partial charge on any atom is -0.342 e. The maximum atomic E-state index is 12.5. The first kappa shape index (κ1) is 17.8. The Bertz CT molecular complexity index is 1040. The number of carbonyl (C=O) groups is 1. The van der Waals surface area contributed by atoms with Gasteiger partial charge in [-0.2, -0.15) is 0 Å². The molecule has 7 heteroatoms. The van der Waals surface area contributed by atoms with Crippen molar-refractivity contribution in [1.82, 2.24) is 19.5 Å². The smallest absolute Gasteiger partial charge is 0.272 e. The van der Waals surface area contributed by atoms with Gasteiger partial charge in [-0.25, -0.2) is 9.50 Å². The third-order valence-electron chi connectivity index (χ3n) is 5.00. The maximum absolute atomic E-state index is 12.5. The standard InChI is InChI=1S/C20H21ClN4O2/c21-15-6-4-5-14(11-15)17-13-22-25-19(27)12-16(23-20(17)25)8-10-24-9-3-1-2-7-18(24)26/h4-6,11-13,22H,1-3,7-10H2. The summed E-state index contributed by atoms with van der Waals surface area (Å²) < 4.78 is 1.43. The van der Waals surface area contributed by atoms with Gasteiger partial charge >= 0.3 is 0 Å². The van der Waals surface area contributed by atoms with Crippen LogP contribution in [0.3, 0.4) is 0 Å². The normalized spacial score (nSPS) is 15.3. The Labute approximate surface area is 161 Å². The van der Waals surface area contributed by atoms with Gasteiger partial charge in [-0.1, -0.05) is 30.2 Å². The molecule has 1 fully saturated rings. The number of aromatic nitrogens is 3. The fourth-order valence-corrected chi connectivity index (χ4v) is 3.74. The number of amides is 1. The van der Waals surface area contributed by atoms with E-state index in [2.05, 4.69) is 10.1 Å². The average Bonchev–Trinajstić information content (AvgIpc) is 2.97. The molecule has 4 rings (SSSR count). The maximum Gasteiger partial charge on any atom is 0.272 e. The van der Waals surface area contributed by atoms with Crippen molar-refractivity contribution in [3.05, 3.63) is 57.6 Å². The van der Waals surface area contributed by atoms with Crippen LogP contribution in [0.2, 0.25) is 5.02 Å². The summed E-state index contributed by atoms with van der Waals surface area (Å²) >= 11 is 6.10. The number of H-pyrrole nitrogens is 1. The van der Waals surface area contributed by atoms with Crippen molar-refractivity contribution in [2.75, 3.05) is 13.1 Å². The molecule has 0 radical (unpaired) electrons. The van der Waals surface area contributed by atoms with Crippen LogP contribution >= 0.6 is 11.6 Å². The Balaban J connectivity index is 1.63. The Morgan fingerprint density at radius 3 is 2.89 bits per heavy atom. The van der Waals surface area contributed by atoms with E-state index in [0.717, 1.165) is 36.9 Å². The molecule has 3 aromatic rings. The van der Waals surface area contributed by atoms with E-state index in [-0.39, 0.29) is 11.5 Å². The Morgan fingerprint density at radius 1 is 1.15 bits per heavy atom. The molecular formula is C20H21ClN4O2. The topological polar surface area (TPSA) is 70.5 Å². The van der Waals surface area contributed by atoms with Crippen LogP contribution in [-0.4, -0.2) is 38.5 Å². The van der Waals surface area contributed by atoms with E-state index in [0.29, 0.717) is 35.8 Å². The first-order valence-corrected chi connectivity index (χ1v) is 9.63. The third kappa shape index (κ3) is 3.76. The minimum atomic E-state index is -0.162. The number of rotatable bonds is 4.